The number of nitrogens with zero attached hydrogens (tertiary/aromatic N) is 2. The van der Waals surface area contributed by atoms with E-state index in [2.05, 4.69) is 5.32 Å². The Morgan fingerprint density at radius 2 is 1.68 bits per heavy atom. The van der Waals surface area contributed by atoms with Gasteiger partial charge >= 0.3 is 0 Å². The summed E-state index contributed by atoms with van der Waals surface area (Å²) in [6, 6.07) is 25.8. The van der Waals surface area contributed by atoms with E-state index in [9.17, 15) is 9.59 Å². The molecule has 2 amide bonds. The number of amides is 2. The van der Waals surface area contributed by atoms with Gasteiger partial charge in [0.25, 0.3) is 0 Å². The smallest absolute Gasteiger partial charge is 0.248 e. The van der Waals surface area contributed by atoms with Gasteiger partial charge in [0.1, 0.15) is 11.3 Å². The molecule has 0 unspecified atom stereocenters. The van der Waals surface area contributed by atoms with E-state index < -0.39 is 5.91 Å². The van der Waals surface area contributed by atoms with Crippen molar-refractivity contribution in [2.24, 2.45) is 5.73 Å². The van der Waals surface area contributed by atoms with Crippen LogP contribution < -0.4 is 11.1 Å². The molecule has 3 N–H and O–H groups in total. The maximum absolute atomic E-state index is 12.5. The summed E-state index contributed by atoms with van der Waals surface area (Å²) in [5.74, 6) is -0.237. The molecule has 2 aromatic heterocycles. The first-order valence-electron chi connectivity index (χ1n) is 10.6. The molecule has 0 aliphatic carbocycles. The highest BCUT2D eigenvalue weighted by molar-refractivity contribution is 6.02. The Morgan fingerprint density at radius 3 is 2.41 bits per heavy atom. The fourth-order valence-corrected chi connectivity index (χ4v) is 3.58. The highest BCUT2D eigenvalue weighted by atomic mass is 16.3. The minimum absolute atomic E-state index is 0.324. The molecule has 7 heteroatoms. The molecule has 0 aliphatic rings. The van der Waals surface area contributed by atoms with Crippen molar-refractivity contribution in [3.63, 3.8) is 0 Å². The predicted octanol–water partition coefficient (Wildman–Crippen LogP) is 5.04. The fraction of sp³-hybridized carbons (Fsp3) is 0. The number of aromatic nitrogens is 2. The minimum atomic E-state index is -0.522. The highest BCUT2D eigenvalue weighted by Gasteiger charge is 2.15. The van der Waals surface area contributed by atoms with Crippen LogP contribution >= 0.6 is 0 Å². The van der Waals surface area contributed by atoms with Crippen molar-refractivity contribution in [1.29, 1.82) is 0 Å². The lowest BCUT2D eigenvalue weighted by atomic mass is 10.1. The van der Waals surface area contributed by atoms with Gasteiger partial charge in [-0.05, 0) is 54.6 Å². The maximum Gasteiger partial charge on any atom is 0.248 e. The zero-order valence-corrected chi connectivity index (χ0v) is 18.0. The monoisotopic (exact) mass is 448 g/mol. The molecule has 166 valence electrons. The summed E-state index contributed by atoms with van der Waals surface area (Å²) in [4.78, 5) is 23.7. The summed E-state index contributed by atoms with van der Waals surface area (Å²) in [7, 11) is 0. The highest BCUT2D eigenvalue weighted by Crippen LogP contribution is 2.30. The van der Waals surface area contributed by atoms with Crippen molar-refractivity contribution < 1.29 is 14.0 Å². The molecular weight excluding hydrogens is 428 g/mol. The number of para-hydroxylation sites is 2. The molecule has 7 nitrogen and oxygen atoms in total. The van der Waals surface area contributed by atoms with Gasteiger partial charge in [-0.25, -0.2) is 4.68 Å². The third-order valence-electron chi connectivity index (χ3n) is 5.27. The zero-order chi connectivity index (χ0) is 23.5. The van der Waals surface area contributed by atoms with Gasteiger partial charge in [-0.15, -0.1) is 0 Å². The van der Waals surface area contributed by atoms with Gasteiger partial charge in [-0.2, -0.15) is 5.10 Å². The average Bonchev–Trinajstić information content (AvgIpc) is 3.48. The van der Waals surface area contributed by atoms with Crippen LogP contribution in [-0.4, -0.2) is 21.6 Å². The lowest BCUT2D eigenvalue weighted by Crippen LogP contribution is -2.11. The van der Waals surface area contributed by atoms with E-state index in [1.54, 1.807) is 35.0 Å². The Hall–Kier alpha value is -4.91. The molecule has 34 heavy (non-hydrogen) atoms. The molecule has 0 aliphatic heterocycles. The van der Waals surface area contributed by atoms with E-state index >= 15 is 0 Å². The van der Waals surface area contributed by atoms with Crippen LogP contribution in [0.25, 0.3) is 34.2 Å². The lowest BCUT2D eigenvalue weighted by Gasteiger charge is -2.02. The Labute approximate surface area is 195 Å². The van der Waals surface area contributed by atoms with Crippen molar-refractivity contribution in [3.8, 4) is 17.1 Å². The van der Waals surface area contributed by atoms with Crippen molar-refractivity contribution in [2.45, 2.75) is 0 Å². The predicted molar refractivity (Wildman–Crippen MR) is 131 cm³/mol. The Kier molecular flexibility index (Phi) is 5.50. The molecule has 0 fully saturated rings. The number of rotatable bonds is 6. The normalized spacial score (nSPS) is 11.2. The van der Waals surface area contributed by atoms with Gasteiger partial charge in [-0.3, -0.25) is 9.59 Å². The fourth-order valence-electron chi connectivity index (χ4n) is 3.58. The van der Waals surface area contributed by atoms with Crippen LogP contribution in [0.5, 0.6) is 0 Å². The van der Waals surface area contributed by atoms with E-state index in [0.717, 1.165) is 22.2 Å². The van der Waals surface area contributed by atoms with Crippen LogP contribution in [0.3, 0.4) is 0 Å². The van der Waals surface area contributed by atoms with Crippen LogP contribution in [-0.2, 0) is 4.79 Å². The summed E-state index contributed by atoms with van der Waals surface area (Å²) >= 11 is 0. The zero-order valence-electron chi connectivity index (χ0n) is 18.0. The number of hydrogen-bond donors (Lipinski definition) is 2. The van der Waals surface area contributed by atoms with Crippen molar-refractivity contribution in [2.75, 3.05) is 5.32 Å². The van der Waals surface area contributed by atoms with Crippen LogP contribution in [0.15, 0.2) is 102 Å². The Bertz CT molecular complexity index is 1480. The summed E-state index contributed by atoms with van der Waals surface area (Å²) < 4.78 is 7.78. The van der Waals surface area contributed by atoms with Gasteiger partial charge in [0.05, 0.1) is 5.69 Å². The Morgan fingerprint density at radius 1 is 0.941 bits per heavy atom. The standard InChI is InChI=1S/C27H20N4O3/c28-27(33)18-10-13-21(14-11-18)29-25(32)15-12-20-17-31(22-7-2-1-3-8-22)30-26(20)24-16-19-6-4-5-9-23(19)34-24/h1-17H,(H2,28,33)(H,29,32)/b15-12+. The molecule has 2 heterocycles. The number of hydrogen-bond acceptors (Lipinski definition) is 4. The molecule has 5 rings (SSSR count). The van der Waals surface area contributed by atoms with E-state index in [4.69, 9.17) is 15.2 Å². The quantitative estimate of drug-likeness (QED) is 0.355. The summed E-state index contributed by atoms with van der Waals surface area (Å²) in [5, 5.41) is 8.47. The molecule has 0 bridgehead atoms. The van der Waals surface area contributed by atoms with E-state index in [0.29, 0.717) is 22.7 Å². The molecule has 0 saturated carbocycles. The second kappa shape index (κ2) is 8.91. The minimum Gasteiger partial charge on any atom is -0.454 e. The number of furan rings is 1. The van der Waals surface area contributed by atoms with Gasteiger partial charge in [0, 0.05) is 34.5 Å². The largest absolute Gasteiger partial charge is 0.454 e. The number of carbonyl (C=O) groups is 2. The van der Waals surface area contributed by atoms with Gasteiger partial charge in [0.15, 0.2) is 5.76 Å². The summed E-state index contributed by atoms with van der Waals surface area (Å²) in [5.41, 5.74) is 9.18. The first kappa shape index (κ1) is 21.0. The van der Waals surface area contributed by atoms with Crippen LogP contribution in [0, 0.1) is 0 Å². The topological polar surface area (TPSA) is 103 Å². The number of benzene rings is 3. The number of nitrogens with one attached hydrogen (secondary N) is 1. The van der Waals surface area contributed by atoms with Crippen LogP contribution in [0.4, 0.5) is 5.69 Å². The first-order chi connectivity index (χ1) is 16.6. The molecule has 3 aromatic carbocycles. The van der Waals surface area contributed by atoms with Gasteiger partial charge in [-0.1, -0.05) is 36.4 Å². The number of primary amides is 1. The lowest BCUT2D eigenvalue weighted by molar-refractivity contribution is -0.111. The Balaban J connectivity index is 1.45. The average molecular weight is 448 g/mol. The number of anilines is 1. The van der Waals surface area contributed by atoms with E-state index in [1.165, 1.54) is 6.08 Å². The molecule has 0 saturated heterocycles. The molecule has 0 atom stereocenters. The molecule has 0 radical (unpaired) electrons. The first-order valence-corrected chi connectivity index (χ1v) is 10.6. The maximum atomic E-state index is 12.5. The SMILES string of the molecule is NC(=O)c1ccc(NC(=O)/C=C/c2cn(-c3ccccc3)nc2-c2cc3ccccc3o2)cc1. The van der Waals surface area contributed by atoms with Crippen LogP contribution in [0.1, 0.15) is 15.9 Å². The van der Waals surface area contributed by atoms with Crippen molar-refractivity contribution in [3.05, 3.63) is 108 Å². The number of fused-ring (bicyclic) bond motifs is 1. The van der Waals surface area contributed by atoms with Crippen molar-refractivity contribution >= 4 is 34.5 Å². The second-order valence-corrected chi connectivity index (χ2v) is 7.63. The van der Waals surface area contributed by atoms with E-state index in [1.807, 2.05) is 66.9 Å². The molecule has 0 spiro atoms. The summed E-state index contributed by atoms with van der Waals surface area (Å²) in [6.45, 7) is 0. The molecule has 5 aromatic rings. The van der Waals surface area contributed by atoms with Gasteiger partial charge < -0.3 is 15.5 Å². The third-order valence-corrected chi connectivity index (χ3v) is 5.27. The van der Waals surface area contributed by atoms with E-state index in [-0.39, 0.29) is 5.91 Å². The number of carbonyl (C=O) groups excluding carboxylic acids is 2. The molecular formula is C27H20N4O3. The summed E-state index contributed by atoms with van der Waals surface area (Å²) in [6.07, 6.45) is 4.98. The van der Waals surface area contributed by atoms with Gasteiger partial charge in [0.2, 0.25) is 11.8 Å². The van der Waals surface area contributed by atoms with Crippen molar-refractivity contribution in [1.82, 2.24) is 9.78 Å². The second-order valence-electron chi connectivity index (χ2n) is 7.63. The number of nitrogens with two attached hydrogens (primary N) is 1. The van der Waals surface area contributed by atoms with Crippen LogP contribution in [0.2, 0.25) is 0 Å². The third kappa shape index (κ3) is 4.35.